The first-order valence-electron chi connectivity index (χ1n) is 7.27. The van der Waals surface area contributed by atoms with Gasteiger partial charge in [-0.05, 0) is 24.6 Å². The van der Waals surface area contributed by atoms with Gasteiger partial charge < -0.3 is 9.26 Å². The number of esters is 1. The van der Waals surface area contributed by atoms with Gasteiger partial charge in [-0.2, -0.15) is 0 Å². The molecule has 2 aromatic carbocycles. The van der Waals surface area contributed by atoms with Gasteiger partial charge in [-0.3, -0.25) is 9.36 Å². The van der Waals surface area contributed by atoms with Crippen molar-refractivity contribution in [2.24, 2.45) is 0 Å². The molecule has 1 aliphatic rings. The number of para-hydroxylation sites is 1. The van der Waals surface area contributed by atoms with Crippen LogP contribution in [-0.4, -0.2) is 18.7 Å². The number of hydrogen-bond acceptors (Lipinski definition) is 4. The van der Waals surface area contributed by atoms with Gasteiger partial charge in [0.25, 0.3) is 7.37 Å². The summed E-state index contributed by atoms with van der Waals surface area (Å²) >= 11 is 0. The van der Waals surface area contributed by atoms with E-state index in [9.17, 15) is 9.36 Å². The predicted molar refractivity (Wildman–Crippen MR) is 85.9 cm³/mol. The van der Waals surface area contributed by atoms with Crippen LogP contribution in [0.3, 0.4) is 0 Å². The Morgan fingerprint density at radius 2 is 1.77 bits per heavy atom. The van der Waals surface area contributed by atoms with Crippen LogP contribution < -0.4 is 9.83 Å². The van der Waals surface area contributed by atoms with Gasteiger partial charge in [0.05, 0.1) is 18.3 Å². The zero-order chi connectivity index (χ0) is 15.6. The first-order chi connectivity index (χ1) is 10.6. The molecular formula is C17H17O4P. The van der Waals surface area contributed by atoms with Crippen LogP contribution in [0.2, 0.25) is 0 Å². The molecule has 3 rings (SSSR count). The fourth-order valence-electron chi connectivity index (χ4n) is 2.61. The second-order valence-corrected chi connectivity index (χ2v) is 7.52. The van der Waals surface area contributed by atoms with Crippen LogP contribution in [0.4, 0.5) is 0 Å². The molecule has 0 saturated carbocycles. The molecule has 0 spiro atoms. The summed E-state index contributed by atoms with van der Waals surface area (Å²) in [6, 6.07) is 15.0. The molecule has 1 atom stereocenters. The van der Waals surface area contributed by atoms with Crippen LogP contribution >= 0.6 is 7.37 Å². The highest BCUT2D eigenvalue weighted by atomic mass is 31.2. The van der Waals surface area contributed by atoms with Gasteiger partial charge in [0, 0.05) is 11.7 Å². The van der Waals surface area contributed by atoms with E-state index in [-0.39, 0.29) is 18.6 Å². The SMILES string of the molecule is CCOC(=O)CCP1(=O)Oc2ccccc2-c2ccccc21. The average Bonchev–Trinajstić information content (AvgIpc) is 2.54. The molecule has 2 aromatic rings. The molecule has 0 amide bonds. The zero-order valence-electron chi connectivity index (χ0n) is 12.3. The highest BCUT2D eigenvalue weighted by molar-refractivity contribution is 7.67. The van der Waals surface area contributed by atoms with E-state index in [0.29, 0.717) is 17.7 Å². The van der Waals surface area contributed by atoms with E-state index in [0.717, 1.165) is 11.1 Å². The number of benzene rings is 2. The monoisotopic (exact) mass is 316 g/mol. The number of rotatable bonds is 4. The van der Waals surface area contributed by atoms with Crippen molar-refractivity contribution in [1.82, 2.24) is 0 Å². The lowest BCUT2D eigenvalue weighted by Crippen LogP contribution is -2.21. The molecule has 0 aromatic heterocycles. The van der Waals surface area contributed by atoms with Crippen molar-refractivity contribution in [2.45, 2.75) is 13.3 Å². The average molecular weight is 316 g/mol. The van der Waals surface area contributed by atoms with E-state index in [1.54, 1.807) is 6.92 Å². The molecule has 5 heteroatoms. The van der Waals surface area contributed by atoms with Gasteiger partial charge in [0.1, 0.15) is 5.75 Å². The maximum atomic E-state index is 13.3. The molecule has 1 heterocycles. The summed E-state index contributed by atoms with van der Waals surface area (Å²) < 4.78 is 24.0. The molecule has 0 bridgehead atoms. The third-order valence-corrected chi connectivity index (χ3v) is 6.04. The molecule has 114 valence electrons. The Bertz CT molecular complexity index is 754. The summed E-state index contributed by atoms with van der Waals surface area (Å²) in [4.78, 5) is 11.6. The third kappa shape index (κ3) is 2.67. The second kappa shape index (κ2) is 5.98. The normalized spacial score (nSPS) is 18.8. The van der Waals surface area contributed by atoms with E-state index in [1.807, 2.05) is 48.5 Å². The Hall–Kier alpha value is -2.06. The summed E-state index contributed by atoms with van der Waals surface area (Å²) in [5.41, 5.74) is 1.84. The van der Waals surface area contributed by atoms with Crippen LogP contribution in [-0.2, 0) is 14.1 Å². The maximum Gasteiger partial charge on any atom is 0.306 e. The number of ether oxygens (including phenoxy) is 1. The highest BCUT2D eigenvalue weighted by Crippen LogP contribution is 2.54. The fraction of sp³-hybridized carbons (Fsp3) is 0.235. The van der Waals surface area contributed by atoms with Crippen molar-refractivity contribution in [3.63, 3.8) is 0 Å². The van der Waals surface area contributed by atoms with E-state index in [1.165, 1.54) is 0 Å². The Morgan fingerprint density at radius 3 is 2.55 bits per heavy atom. The Kier molecular flexibility index (Phi) is 4.04. The lowest BCUT2D eigenvalue weighted by atomic mass is 10.0. The van der Waals surface area contributed by atoms with E-state index >= 15 is 0 Å². The minimum atomic E-state index is -3.11. The number of fused-ring (bicyclic) bond motifs is 3. The molecule has 0 fully saturated rings. The van der Waals surface area contributed by atoms with Crippen molar-refractivity contribution < 1.29 is 18.6 Å². The third-order valence-electron chi connectivity index (χ3n) is 3.61. The molecule has 1 aliphatic heterocycles. The first-order valence-corrected chi connectivity index (χ1v) is 9.08. The zero-order valence-corrected chi connectivity index (χ0v) is 13.2. The minimum absolute atomic E-state index is 0.0849. The van der Waals surface area contributed by atoms with Gasteiger partial charge in [-0.25, -0.2) is 0 Å². The Labute approximate surface area is 129 Å². The first kappa shape index (κ1) is 14.9. The van der Waals surface area contributed by atoms with Gasteiger partial charge in [-0.1, -0.05) is 36.4 Å². The molecule has 0 saturated heterocycles. The molecule has 0 radical (unpaired) electrons. The van der Waals surface area contributed by atoms with Gasteiger partial charge >= 0.3 is 5.97 Å². The van der Waals surface area contributed by atoms with Crippen LogP contribution in [0.25, 0.3) is 11.1 Å². The molecule has 0 N–H and O–H groups in total. The van der Waals surface area contributed by atoms with Crippen LogP contribution in [0.1, 0.15) is 13.3 Å². The lowest BCUT2D eigenvalue weighted by molar-refractivity contribution is -0.142. The number of carbonyl (C=O) groups is 1. The Balaban J connectivity index is 1.97. The summed E-state index contributed by atoms with van der Waals surface area (Å²) in [7, 11) is -3.11. The number of carbonyl (C=O) groups excluding carboxylic acids is 1. The van der Waals surface area contributed by atoms with Crippen LogP contribution in [0, 0.1) is 0 Å². The topological polar surface area (TPSA) is 52.6 Å². The minimum Gasteiger partial charge on any atom is -0.466 e. The Morgan fingerprint density at radius 1 is 1.09 bits per heavy atom. The summed E-state index contributed by atoms with van der Waals surface area (Å²) in [6.45, 7) is 2.08. The molecule has 22 heavy (non-hydrogen) atoms. The fourth-order valence-corrected chi connectivity index (χ4v) is 4.87. The van der Waals surface area contributed by atoms with E-state index in [2.05, 4.69) is 0 Å². The second-order valence-electron chi connectivity index (χ2n) is 5.06. The van der Waals surface area contributed by atoms with Crippen molar-refractivity contribution in [3.05, 3.63) is 48.5 Å². The van der Waals surface area contributed by atoms with Crippen molar-refractivity contribution in [3.8, 4) is 16.9 Å². The van der Waals surface area contributed by atoms with Gasteiger partial charge in [0.15, 0.2) is 0 Å². The standard InChI is InChI=1S/C17H17O4P/c1-2-20-17(18)11-12-22(19)16-10-6-4-8-14(16)13-7-3-5-9-15(13)21-22/h3-10H,2,11-12H2,1H3. The van der Waals surface area contributed by atoms with E-state index < -0.39 is 7.37 Å². The van der Waals surface area contributed by atoms with E-state index in [4.69, 9.17) is 9.26 Å². The summed E-state index contributed by atoms with van der Waals surface area (Å²) in [5, 5.41) is 0.679. The van der Waals surface area contributed by atoms with Crippen molar-refractivity contribution in [2.75, 3.05) is 12.8 Å². The molecule has 4 nitrogen and oxygen atoms in total. The van der Waals surface area contributed by atoms with Crippen molar-refractivity contribution in [1.29, 1.82) is 0 Å². The van der Waals surface area contributed by atoms with Crippen LogP contribution in [0.15, 0.2) is 48.5 Å². The van der Waals surface area contributed by atoms with Gasteiger partial charge in [-0.15, -0.1) is 0 Å². The summed E-state index contributed by atoms with van der Waals surface area (Å²) in [5.74, 6) is 0.256. The van der Waals surface area contributed by atoms with Gasteiger partial charge in [0.2, 0.25) is 0 Å². The maximum absolute atomic E-state index is 13.3. The molecule has 1 unspecified atom stereocenters. The summed E-state index contributed by atoms with van der Waals surface area (Å²) in [6.07, 6.45) is 0.235. The van der Waals surface area contributed by atoms with Crippen LogP contribution in [0.5, 0.6) is 5.75 Å². The lowest BCUT2D eigenvalue weighted by Gasteiger charge is -2.28. The predicted octanol–water partition coefficient (Wildman–Crippen LogP) is 3.60. The highest BCUT2D eigenvalue weighted by Gasteiger charge is 2.36. The quantitative estimate of drug-likeness (QED) is 0.639. The molecule has 0 aliphatic carbocycles. The smallest absolute Gasteiger partial charge is 0.306 e. The molecular weight excluding hydrogens is 299 g/mol. The largest absolute Gasteiger partial charge is 0.466 e. The van der Waals surface area contributed by atoms with Crippen molar-refractivity contribution >= 4 is 18.6 Å². The number of hydrogen-bond donors (Lipinski definition) is 0.